The first-order valence-corrected chi connectivity index (χ1v) is 15.5. The van der Waals surface area contributed by atoms with Gasteiger partial charge in [-0.2, -0.15) is 13.2 Å². The molecule has 0 aromatic rings. The van der Waals surface area contributed by atoms with E-state index in [4.69, 9.17) is 6.57 Å². The van der Waals surface area contributed by atoms with Gasteiger partial charge in [0.2, 0.25) is 11.5 Å². The second-order valence-corrected chi connectivity index (χ2v) is 16.4. The van der Waals surface area contributed by atoms with E-state index in [0.717, 1.165) is 44.9 Å². The molecule has 0 radical (unpaired) electrons. The molecule has 0 aromatic heterocycles. The molecule has 5 aliphatic rings. The third-order valence-corrected chi connectivity index (χ3v) is 13.8. The molecule has 226 valence electrons. The summed E-state index contributed by atoms with van der Waals surface area (Å²) in [7, 11) is 0. The van der Waals surface area contributed by atoms with Gasteiger partial charge in [0.25, 0.3) is 0 Å². The van der Waals surface area contributed by atoms with Gasteiger partial charge in [0, 0.05) is 24.2 Å². The molecule has 0 aromatic carbocycles. The van der Waals surface area contributed by atoms with Crippen LogP contribution < -0.4 is 0 Å². The lowest BCUT2D eigenvalue weighted by Crippen LogP contribution is -2.68. The van der Waals surface area contributed by atoms with Crippen molar-refractivity contribution in [3.63, 3.8) is 0 Å². The van der Waals surface area contributed by atoms with Crippen LogP contribution in [0.5, 0.6) is 0 Å². The fraction of sp³-hybridized carbons (Fsp3) is 0.824. The summed E-state index contributed by atoms with van der Waals surface area (Å²) in [6, 6.07) is 0. The Morgan fingerprint density at radius 3 is 2.20 bits per heavy atom. The number of fused-ring (bicyclic) bond motifs is 7. The highest BCUT2D eigenvalue weighted by atomic mass is 19.4. The summed E-state index contributed by atoms with van der Waals surface area (Å²) in [6.07, 6.45) is 2.73. The summed E-state index contributed by atoms with van der Waals surface area (Å²) in [6.45, 7) is 22.8. The minimum atomic E-state index is -4.83. The minimum Gasteiger partial charge on any atom is -0.307 e. The van der Waals surface area contributed by atoms with Gasteiger partial charge >= 0.3 is 6.18 Å². The lowest BCUT2D eigenvalue weighted by atomic mass is 9.31. The molecule has 4 nitrogen and oxygen atoms in total. The molecule has 41 heavy (non-hydrogen) atoms. The zero-order valence-corrected chi connectivity index (χ0v) is 25.8. The topological polar surface area (TPSA) is 55.6 Å². The molecule has 4 saturated carbocycles. The number of ketones is 3. The van der Waals surface area contributed by atoms with Gasteiger partial charge in [-0.15, -0.1) is 0 Å². The van der Waals surface area contributed by atoms with Crippen molar-refractivity contribution in [2.45, 2.75) is 119 Å². The highest BCUT2D eigenvalue weighted by Crippen LogP contribution is 2.76. The lowest BCUT2D eigenvalue weighted by Gasteiger charge is -2.72. The Hall–Kier alpha value is -1.97. The van der Waals surface area contributed by atoms with Gasteiger partial charge in [0.15, 0.2) is 5.78 Å². The van der Waals surface area contributed by atoms with Crippen molar-refractivity contribution in [3.8, 4) is 0 Å². The summed E-state index contributed by atoms with van der Waals surface area (Å²) < 4.78 is 39.7. The monoisotopic (exact) mass is 573 g/mol. The number of halogens is 3. The molecule has 0 bridgehead atoms. The van der Waals surface area contributed by atoms with Crippen molar-refractivity contribution < 1.29 is 27.6 Å². The molecule has 0 heterocycles. The zero-order valence-electron chi connectivity index (χ0n) is 25.8. The van der Waals surface area contributed by atoms with E-state index in [9.17, 15) is 27.6 Å². The van der Waals surface area contributed by atoms with E-state index in [-0.39, 0.29) is 63.6 Å². The molecule has 0 unspecified atom stereocenters. The van der Waals surface area contributed by atoms with Crippen LogP contribution in [-0.4, -0.2) is 23.5 Å². The number of nitrogens with zero attached hydrogens (tertiary/aromatic N) is 1. The van der Waals surface area contributed by atoms with Gasteiger partial charge in [-0.3, -0.25) is 9.59 Å². The van der Waals surface area contributed by atoms with Crippen molar-refractivity contribution in [3.05, 3.63) is 23.2 Å². The SMILES string of the molecule is [C-]#[N+]C1=C[C@]2(C)[C@H]3CC(=O)[C@@H]4[C@@H]5CC(C)(C)CC[C@]5(CCC(=O)C(F)(F)F)CC[C@@]4(C)[C@]3(C)CC[C@H]2C(C)(C)C1=O. The van der Waals surface area contributed by atoms with E-state index < -0.39 is 34.6 Å². The van der Waals surface area contributed by atoms with E-state index in [2.05, 4.69) is 39.5 Å². The first-order chi connectivity index (χ1) is 18.7. The average molecular weight is 574 g/mol. The van der Waals surface area contributed by atoms with E-state index in [1.54, 1.807) is 0 Å². The van der Waals surface area contributed by atoms with Crippen LogP contribution in [0.1, 0.15) is 113 Å². The Morgan fingerprint density at radius 2 is 1.59 bits per heavy atom. The number of alkyl halides is 3. The number of rotatable bonds is 3. The third kappa shape index (κ3) is 4.15. The number of allylic oxidation sites excluding steroid dienone is 2. The minimum absolute atomic E-state index is 0.0247. The first-order valence-electron chi connectivity index (χ1n) is 15.5. The van der Waals surface area contributed by atoms with Crippen LogP contribution in [0.15, 0.2) is 11.8 Å². The van der Waals surface area contributed by atoms with Crippen molar-refractivity contribution in [1.29, 1.82) is 0 Å². The van der Waals surface area contributed by atoms with Crippen LogP contribution in [0.25, 0.3) is 4.85 Å². The average Bonchev–Trinajstić information content (AvgIpc) is 2.86. The summed E-state index contributed by atoms with van der Waals surface area (Å²) in [4.78, 5) is 43.4. The molecular formula is C34H46F3NO3. The molecule has 7 heteroatoms. The number of Topliss-reactive ketones (excluding diaryl/α,β-unsaturated/α-hetero) is 3. The van der Waals surface area contributed by atoms with Gasteiger partial charge in [-0.1, -0.05) is 54.5 Å². The second kappa shape index (κ2) is 9.02. The molecule has 5 rings (SSSR count). The number of hydrogen-bond donors (Lipinski definition) is 0. The van der Waals surface area contributed by atoms with Crippen LogP contribution >= 0.6 is 0 Å². The fourth-order valence-electron chi connectivity index (χ4n) is 11.3. The smallest absolute Gasteiger partial charge is 0.307 e. The lowest BCUT2D eigenvalue weighted by molar-refractivity contribution is -0.224. The van der Waals surface area contributed by atoms with Crippen LogP contribution in [0.2, 0.25) is 0 Å². The van der Waals surface area contributed by atoms with Gasteiger partial charge in [0.05, 0.1) is 6.57 Å². The Labute approximate surface area is 243 Å². The molecular weight excluding hydrogens is 527 g/mol. The summed E-state index contributed by atoms with van der Waals surface area (Å²) in [5, 5.41) is 0. The molecule has 0 amide bonds. The highest BCUT2D eigenvalue weighted by Gasteiger charge is 2.72. The Kier molecular flexibility index (Phi) is 6.71. The van der Waals surface area contributed by atoms with Gasteiger partial charge in [0.1, 0.15) is 5.78 Å². The molecule has 0 saturated heterocycles. The Balaban J connectivity index is 1.57. The van der Waals surface area contributed by atoms with Crippen LogP contribution in [0.3, 0.4) is 0 Å². The Morgan fingerprint density at radius 1 is 0.951 bits per heavy atom. The van der Waals surface area contributed by atoms with Crippen molar-refractivity contribution in [2.24, 2.45) is 56.2 Å². The van der Waals surface area contributed by atoms with E-state index in [1.165, 1.54) is 0 Å². The standard InChI is InChI=1S/C34H46F3NO3/c1-28(2)13-15-33(12-10-25(40)34(35,36)37)16-14-32(7)26(20(33)18-28)22(39)17-24-30(5)19-21(38-8)27(41)29(3,4)23(30)9-11-31(24,32)6/h19-20,23-24,26H,9-18H2,1-7H3/t20-,23-,24+,26-,30-,31+,32+,33+/m0/s1. The van der Waals surface area contributed by atoms with Crippen molar-refractivity contribution >= 4 is 17.3 Å². The maximum Gasteiger partial charge on any atom is 0.449 e. The van der Waals surface area contributed by atoms with Crippen LogP contribution in [-0.2, 0) is 14.4 Å². The first kappa shape index (κ1) is 30.5. The molecule has 0 N–H and O–H groups in total. The third-order valence-electron chi connectivity index (χ3n) is 13.8. The van der Waals surface area contributed by atoms with Gasteiger partial charge in [-0.05, 0) is 96.2 Å². The maximum absolute atomic E-state index is 14.5. The van der Waals surface area contributed by atoms with Crippen molar-refractivity contribution in [2.75, 3.05) is 0 Å². The second-order valence-electron chi connectivity index (χ2n) is 16.4. The van der Waals surface area contributed by atoms with Gasteiger partial charge in [-0.25, -0.2) is 4.85 Å². The molecule has 0 aliphatic heterocycles. The highest BCUT2D eigenvalue weighted by molar-refractivity contribution is 6.02. The van der Waals surface area contributed by atoms with Crippen LogP contribution in [0, 0.1) is 62.7 Å². The molecule has 0 spiro atoms. The van der Waals surface area contributed by atoms with E-state index in [0.29, 0.717) is 6.42 Å². The quantitative estimate of drug-likeness (QED) is 0.318. The van der Waals surface area contributed by atoms with Crippen LogP contribution in [0.4, 0.5) is 13.2 Å². The van der Waals surface area contributed by atoms with Gasteiger partial charge < -0.3 is 4.79 Å². The predicted molar refractivity (Wildman–Crippen MR) is 150 cm³/mol. The van der Waals surface area contributed by atoms with E-state index in [1.807, 2.05) is 19.9 Å². The van der Waals surface area contributed by atoms with E-state index >= 15 is 0 Å². The molecule has 5 aliphatic carbocycles. The maximum atomic E-state index is 14.5. The molecule has 8 atom stereocenters. The summed E-state index contributed by atoms with van der Waals surface area (Å²) in [5.74, 6) is -1.88. The predicted octanol–water partition coefficient (Wildman–Crippen LogP) is 8.55. The normalized spacial score (nSPS) is 44.9. The fourth-order valence-corrected chi connectivity index (χ4v) is 11.3. The summed E-state index contributed by atoms with van der Waals surface area (Å²) >= 11 is 0. The van der Waals surface area contributed by atoms with Crippen molar-refractivity contribution in [1.82, 2.24) is 0 Å². The number of carbonyl (C=O) groups is 3. The number of carbonyl (C=O) groups excluding carboxylic acids is 3. The zero-order chi connectivity index (χ0) is 30.6. The largest absolute Gasteiger partial charge is 0.449 e. The number of hydrogen-bond acceptors (Lipinski definition) is 3. The summed E-state index contributed by atoms with van der Waals surface area (Å²) in [5.41, 5.74) is -2.02. The molecule has 4 fully saturated rings. The Bertz CT molecular complexity index is 1260.